The van der Waals surface area contributed by atoms with Crippen LogP contribution in [0.25, 0.3) is 0 Å². The van der Waals surface area contributed by atoms with Gasteiger partial charge in [0.25, 0.3) is 11.8 Å². The Morgan fingerprint density at radius 3 is 1.96 bits per heavy atom. The van der Waals surface area contributed by atoms with Gasteiger partial charge in [-0.25, -0.2) is 4.79 Å². The Hall–Kier alpha value is -3.54. The maximum atomic E-state index is 12.3. The van der Waals surface area contributed by atoms with Crippen LogP contribution in [-0.4, -0.2) is 35.0 Å². The van der Waals surface area contributed by atoms with Crippen molar-refractivity contribution in [3.63, 3.8) is 0 Å². The third kappa shape index (κ3) is 3.69. The maximum Gasteiger partial charge on any atom is 0.331 e. The van der Waals surface area contributed by atoms with Crippen molar-refractivity contribution in [3.8, 4) is 5.75 Å². The summed E-state index contributed by atoms with van der Waals surface area (Å²) >= 11 is 0. The van der Waals surface area contributed by atoms with E-state index in [4.69, 9.17) is 4.74 Å². The standard InChI is InChI=1S/C19H13NO5/c21-16-10-11-17(22)20(16)12-18(23)25-15-8-6-14(7-9-15)19(24)13-4-2-1-3-5-13/h1-11H,12H2. The highest BCUT2D eigenvalue weighted by molar-refractivity contribution is 6.14. The molecule has 0 N–H and O–H groups in total. The minimum atomic E-state index is -0.743. The first-order valence-corrected chi connectivity index (χ1v) is 7.48. The molecule has 1 aliphatic heterocycles. The molecule has 3 rings (SSSR count). The lowest BCUT2D eigenvalue weighted by Gasteiger charge is -2.12. The zero-order valence-electron chi connectivity index (χ0n) is 13.0. The molecule has 6 heteroatoms. The summed E-state index contributed by atoms with van der Waals surface area (Å²) in [4.78, 5) is 47.7. The topological polar surface area (TPSA) is 80.8 Å². The van der Waals surface area contributed by atoms with Crippen molar-refractivity contribution in [1.82, 2.24) is 4.90 Å². The van der Waals surface area contributed by atoms with Crippen LogP contribution >= 0.6 is 0 Å². The van der Waals surface area contributed by atoms with E-state index in [1.54, 1.807) is 36.4 Å². The first kappa shape index (κ1) is 16.3. The summed E-state index contributed by atoms with van der Waals surface area (Å²) in [5.41, 5.74) is 1.02. The third-order valence-corrected chi connectivity index (χ3v) is 3.57. The Labute approximate surface area is 143 Å². The Kier molecular flexibility index (Phi) is 4.52. The second-order valence-corrected chi connectivity index (χ2v) is 5.29. The molecule has 0 saturated carbocycles. The van der Waals surface area contributed by atoms with E-state index in [1.165, 1.54) is 12.1 Å². The summed E-state index contributed by atoms with van der Waals surface area (Å²) in [6.45, 7) is -0.463. The van der Waals surface area contributed by atoms with Crippen molar-refractivity contribution < 1.29 is 23.9 Å². The van der Waals surface area contributed by atoms with Gasteiger partial charge in [0.1, 0.15) is 12.3 Å². The van der Waals surface area contributed by atoms with Gasteiger partial charge in [-0.1, -0.05) is 30.3 Å². The molecule has 25 heavy (non-hydrogen) atoms. The number of ether oxygens (including phenoxy) is 1. The van der Waals surface area contributed by atoms with E-state index >= 15 is 0 Å². The van der Waals surface area contributed by atoms with Crippen LogP contribution in [0, 0.1) is 0 Å². The van der Waals surface area contributed by atoms with E-state index in [2.05, 4.69) is 0 Å². The van der Waals surface area contributed by atoms with Gasteiger partial charge in [-0.3, -0.25) is 19.3 Å². The fraction of sp³-hybridized carbons (Fsp3) is 0.0526. The maximum absolute atomic E-state index is 12.3. The number of carbonyl (C=O) groups is 4. The zero-order chi connectivity index (χ0) is 17.8. The van der Waals surface area contributed by atoms with Crippen LogP contribution in [0.4, 0.5) is 0 Å². The molecular weight excluding hydrogens is 322 g/mol. The third-order valence-electron chi connectivity index (χ3n) is 3.57. The van der Waals surface area contributed by atoms with Gasteiger partial charge in [0.15, 0.2) is 5.78 Å². The quantitative estimate of drug-likeness (QED) is 0.360. The Bertz CT molecular complexity index is 850. The van der Waals surface area contributed by atoms with Gasteiger partial charge in [-0.2, -0.15) is 0 Å². The molecule has 0 saturated heterocycles. The smallest absolute Gasteiger partial charge is 0.331 e. The minimum absolute atomic E-state index is 0.141. The van der Waals surface area contributed by atoms with Crippen molar-refractivity contribution in [2.45, 2.75) is 0 Å². The van der Waals surface area contributed by atoms with E-state index in [0.717, 1.165) is 17.1 Å². The molecule has 2 aromatic rings. The molecule has 6 nitrogen and oxygen atoms in total. The molecule has 1 heterocycles. The zero-order valence-corrected chi connectivity index (χ0v) is 13.0. The fourth-order valence-electron chi connectivity index (χ4n) is 2.31. The summed E-state index contributed by atoms with van der Waals surface area (Å²) in [6.07, 6.45) is 2.19. The van der Waals surface area contributed by atoms with Crippen LogP contribution in [0.1, 0.15) is 15.9 Å². The first-order valence-electron chi connectivity index (χ1n) is 7.48. The summed E-state index contributed by atoms with van der Waals surface area (Å²) in [6, 6.07) is 14.9. The van der Waals surface area contributed by atoms with Gasteiger partial charge in [-0.05, 0) is 24.3 Å². The Morgan fingerprint density at radius 1 is 0.800 bits per heavy atom. The predicted molar refractivity (Wildman–Crippen MR) is 87.8 cm³/mol. The average Bonchev–Trinajstić information content (AvgIpc) is 2.94. The van der Waals surface area contributed by atoms with Gasteiger partial charge in [0.2, 0.25) is 0 Å². The lowest BCUT2D eigenvalue weighted by molar-refractivity contribution is -0.146. The second kappa shape index (κ2) is 6.92. The van der Waals surface area contributed by atoms with Crippen molar-refractivity contribution in [2.24, 2.45) is 0 Å². The first-order chi connectivity index (χ1) is 12.0. The van der Waals surface area contributed by atoms with Crippen molar-refractivity contribution in [2.75, 3.05) is 6.54 Å². The number of hydrogen-bond donors (Lipinski definition) is 0. The number of benzene rings is 2. The number of nitrogens with zero attached hydrogens (tertiary/aromatic N) is 1. The van der Waals surface area contributed by atoms with Gasteiger partial charge >= 0.3 is 5.97 Å². The number of imide groups is 1. The van der Waals surface area contributed by atoms with Crippen LogP contribution < -0.4 is 4.74 Å². The molecule has 2 amide bonds. The molecule has 2 aromatic carbocycles. The predicted octanol–water partition coefficient (Wildman–Crippen LogP) is 1.75. The van der Waals surface area contributed by atoms with Gasteiger partial charge in [0.05, 0.1) is 0 Å². The number of rotatable bonds is 5. The number of hydrogen-bond acceptors (Lipinski definition) is 5. The van der Waals surface area contributed by atoms with Gasteiger partial charge < -0.3 is 4.74 Å². The summed E-state index contributed by atoms with van der Waals surface area (Å²) in [7, 11) is 0. The molecule has 0 radical (unpaired) electrons. The molecule has 0 aromatic heterocycles. The van der Waals surface area contributed by atoms with Crippen LogP contribution in [0.5, 0.6) is 5.75 Å². The summed E-state index contributed by atoms with van der Waals surface area (Å²) in [5.74, 6) is -1.76. The van der Waals surface area contributed by atoms with E-state index in [1.807, 2.05) is 6.07 Å². The number of carbonyl (C=O) groups excluding carboxylic acids is 4. The van der Waals surface area contributed by atoms with Gasteiger partial charge in [-0.15, -0.1) is 0 Å². The summed E-state index contributed by atoms with van der Waals surface area (Å²) < 4.78 is 5.09. The van der Waals surface area contributed by atoms with E-state index in [9.17, 15) is 19.2 Å². The van der Waals surface area contributed by atoms with Crippen molar-refractivity contribution >= 4 is 23.6 Å². The molecule has 124 valence electrons. The monoisotopic (exact) mass is 335 g/mol. The normalized spacial score (nSPS) is 13.2. The highest BCUT2D eigenvalue weighted by Crippen LogP contribution is 2.16. The van der Waals surface area contributed by atoms with Crippen molar-refractivity contribution in [1.29, 1.82) is 0 Å². The second-order valence-electron chi connectivity index (χ2n) is 5.29. The Balaban J connectivity index is 1.63. The molecular formula is C19H13NO5. The number of esters is 1. The highest BCUT2D eigenvalue weighted by atomic mass is 16.5. The average molecular weight is 335 g/mol. The molecule has 0 unspecified atom stereocenters. The van der Waals surface area contributed by atoms with Crippen molar-refractivity contribution in [3.05, 3.63) is 77.9 Å². The van der Waals surface area contributed by atoms with E-state index < -0.39 is 24.3 Å². The van der Waals surface area contributed by atoms with E-state index in [0.29, 0.717) is 11.1 Å². The molecule has 0 bridgehead atoms. The SMILES string of the molecule is O=C(CN1C(=O)C=CC1=O)Oc1ccc(C(=O)c2ccccc2)cc1. The Morgan fingerprint density at radius 2 is 1.36 bits per heavy atom. The number of amides is 2. The largest absolute Gasteiger partial charge is 0.425 e. The minimum Gasteiger partial charge on any atom is -0.425 e. The molecule has 0 atom stereocenters. The highest BCUT2D eigenvalue weighted by Gasteiger charge is 2.26. The molecule has 0 fully saturated rings. The van der Waals surface area contributed by atoms with E-state index in [-0.39, 0.29) is 11.5 Å². The molecule has 1 aliphatic rings. The van der Waals surface area contributed by atoms with Gasteiger partial charge in [0, 0.05) is 23.3 Å². The van der Waals surface area contributed by atoms with Crippen LogP contribution in [0.3, 0.4) is 0 Å². The lowest BCUT2D eigenvalue weighted by Crippen LogP contribution is -2.36. The van der Waals surface area contributed by atoms with Crippen LogP contribution in [0.2, 0.25) is 0 Å². The molecule has 0 spiro atoms. The summed E-state index contributed by atoms with van der Waals surface area (Å²) in [5, 5.41) is 0. The van der Waals surface area contributed by atoms with Crippen LogP contribution in [-0.2, 0) is 14.4 Å². The van der Waals surface area contributed by atoms with Crippen LogP contribution in [0.15, 0.2) is 66.7 Å². The molecule has 0 aliphatic carbocycles. The number of ketones is 1. The lowest BCUT2D eigenvalue weighted by atomic mass is 10.0. The fourth-order valence-corrected chi connectivity index (χ4v) is 2.31.